The van der Waals surface area contributed by atoms with Gasteiger partial charge in [0.25, 0.3) is 0 Å². The van der Waals surface area contributed by atoms with Crippen LogP contribution < -0.4 is 0 Å². The molecule has 0 saturated heterocycles. The van der Waals surface area contributed by atoms with Crippen molar-refractivity contribution in [1.29, 1.82) is 0 Å². The topological polar surface area (TPSA) is 68.4 Å². The number of esters is 2. The number of hydrogen-bond donors (Lipinski definition) is 1. The van der Waals surface area contributed by atoms with Crippen LogP contribution in [0, 0.1) is 11.8 Å². The van der Waals surface area contributed by atoms with Crippen molar-refractivity contribution in [3.8, 4) is 11.8 Å². The number of carbonyl (C=O) groups is 2. The summed E-state index contributed by atoms with van der Waals surface area (Å²) in [6.45, 7) is 2.08. The molecule has 1 rings (SSSR count). The number of carbonyl (C=O) groups excluding carboxylic acids is 2. The van der Waals surface area contributed by atoms with Crippen molar-refractivity contribution in [3.05, 3.63) is 23.5 Å². The normalized spacial score (nSPS) is 9.06. The molecule has 0 radical (unpaired) electrons. The van der Waals surface area contributed by atoms with E-state index in [0.717, 1.165) is 0 Å². The van der Waals surface area contributed by atoms with E-state index in [2.05, 4.69) is 21.6 Å². The molecule has 0 atom stereocenters. The number of hydrogen-bond acceptors (Lipinski definition) is 4. The first-order valence-corrected chi connectivity index (χ1v) is 5.08. The molecule has 1 heterocycles. The molecule has 1 aromatic rings. The molecule has 0 unspecified atom stereocenters. The molecular formula is C12H13NO4. The Kier molecular flexibility index (Phi) is 4.82. The average molecular weight is 235 g/mol. The Bertz CT molecular complexity index is 464. The number of rotatable bonds is 3. The second-order valence-electron chi connectivity index (χ2n) is 3.08. The van der Waals surface area contributed by atoms with Crippen LogP contribution in [0.25, 0.3) is 0 Å². The third-order valence-corrected chi connectivity index (χ3v) is 1.86. The van der Waals surface area contributed by atoms with Crippen LogP contribution in [0.2, 0.25) is 0 Å². The molecule has 1 aromatic heterocycles. The summed E-state index contributed by atoms with van der Waals surface area (Å²) in [6, 6.07) is 1.56. The SMILES string of the molecule is CCOC(=O)CC#Cc1c[nH]c(C(=O)OC)c1. The van der Waals surface area contributed by atoms with Crippen molar-refractivity contribution in [2.24, 2.45) is 0 Å². The van der Waals surface area contributed by atoms with Gasteiger partial charge in [-0.25, -0.2) is 4.79 Å². The summed E-state index contributed by atoms with van der Waals surface area (Å²) in [5.74, 6) is 4.59. The van der Waals surface area contributed by atoms with E-state index >= 15 is 0 Å². The molecule has 0 aliphatic carbocycles. The van der Waals surface area contributed by atoms with E-state index in [0.29, 0.717) is 17.9 Å². The molecular weight excluding hydrogens is 222 g/mol. The van der Waals surface area contributed by atoms with Crippen molar-refractivity contribution in [3.63, 3.8) is 0 Å². The molecule has 0 aliphatic rings. The van der Waals surface area contributed by atoms with Crippen molar-refractivity contribution in [2.75, 3.05) is 13.7 Å². The number of aromatic amines is 1. The summed E-state index contributed by atoms with van der Waals surface area (Å²) in [7, 11) is 1.30. The van der Waals surface area contributed by atoms with Gasteiger partial charge in [0.1, 0.15) is 12.1 Å². The predicted octanol–water partition coefficient (Wildman–Crippen LogP) is 1.11. The number of ether oxygens (including phenoxy) is 2. The molecule has 0 amide bonds. The number of nitrogens with one attached hydrogen (secondary N) is 1. The Balaban J connectivity index is 2.58. The summed E-state index contributed by atoms with van der Waals surface area (Å²) < 4.78 is 9.25. The Hall–Kier alpha value is -2.22. The maximum absolute atomic E-state index is 11.1. The minimum Gasteiger partial charge on any atom is -0.465 e. The lowest BCUT2D eigenvalue weighted by molar-refractivity contribution is -0.141. The summed E-state index contributed by atoms with van der Waals surface area (Å²) in [5.41, 5.74) is 0.947. The largest absolute Gasteiger partial charge is 0.465 e. The van der Waals surface area contributed by atoms with Crippen molar-refractivity contribution in [1.82, 2.24) is 4.98 Å². The molecule has 0 fully saturated rings. The summed E-state index contributed by atoms with van der Waals surface area (Å²) in [4.78, 5) is 24.8. The van der Waals surface area contributed by atoms with E-state index in [1.807, 2.05) is 0 Å². The summed E-state index contributed by atoms with van der Waals surface area (Å²) in [6.07, 6.45) is 1.61. The van der Waals surface area contributed by atoms with Gasteiger partial charge < -0.3 is 14.5 Å². The first-order chi connectivity index (χ1) is 8.17. The van der Waals surface area contributed by atoms with E-state index in [1.54, 1.807) is 19.2 Å². The fraction of sp³-hybridized carbons (Fsp3) is 0.333. The molecule has 1 N–H and O–H groups in total. The van der Waals surface area contributed by atoms with Crippen LogP contribution in [-0.2, 0) is 14.3 Å². The average Bonchev–Trinajstić information content (AvgIpc) is 2.77. The molecule has 0 aromatic carbocycles. The smallest absolute Gasteiger partial charge is 0.354 e. The standard InChI is InChI=1S/C12H13NO4/c1-3-17-11(14)6-4-5-9-7-10(13-8-9)12(15)16-2/h7-8,13H,3,6H2,1-2H3. The van der Waals surface area contributed by atoms with E-state index < -0.39 is 5.97 Å². The Morgan fingerprint density at radius 2 is 2.24 bits per heavy atom. The molecule has 5 heteroatoms. The van der Waals surface area contributed by atoms with Gasteiger partial charge in [0, 0.05) is 11.8 Å². The number of methoxy groups -OCH3 is 1. The maximum atomic E-state index is 11.1. The first-order valence-electron chi connectivity index (χ1n) is 5.08. The lowest BCUT2D eigenvalue weighted by Crippen LogP contribution is -2.01. The lowest BCUT2D eigenvalue weighted by atomic mass is 10.3. The Labute approximate surface area is 99.1 Å². The van der Waals surface area contributed by atoms with Gasteiger partial charge in [0.15, 0.2) is 0 Å². The molecule has 17 heavy (non-hydrogen) atoms. The zero-order chi connectivity index (χ0) is 12.7. The van der Waals surface area contributed by atoms with Gasteiger partial charge in [-0.15, -0.1) is 0 Å². The zero-order valence-electron chi connectivity index (χ0n) is 9.70. The predicted molar refractivity (Wildman–Crippen MR) is 60.3 cm³/mol. The number of aromatic nitrogens is 1. The highest BCUT2D eigenvalue weighted by atomic mass is 16.5. The zero-order valence-corrected chi connectivity index (χ0v) is 9.70. The van der Waals surface area contributed by atoms with Gasteiger partial charge >= 0.3 is 11.9 Å². The van der Waals surface area contributed by atoms with Crippen LogP contribution in [0.15, 0.2) is 12.3 Å². The highest BCUT2D eigenvalue weighted by molar-refractivity contribution is 5.87. The molecule has 5 nitrogen and oxygen atoms in total. The summed E-state index contributed by atoms with van der Waals surface area (Å²) in [5, 5.41) is 0. The first kappa shape index (κ1) is 12.8. The Morgan fingerprint density at radius 3 is 2.88 bits per heavy atom. The molecule has 90 valence electrons. The molecule has 0 spiro atoms. The maximum Gasteiger partial charge on any atom is 0.354 e. The van der Waals surface area contributed by atoms with Gasteiger partial charge in [0.2, 0.25) is 0 Å². The van der Waals surface area contributed by atoms with Crippen LogP contribution in [-0.4, -0.2) is 30.6 Å². The molecule has 0 aliphatic heterocycles. The minimum absolute atomic E-state index is 0.0343. The van der Waals surface area contributed by atoms with E-state index in [1.165, 1.54) is 7.11 Å². The fourth-order valence-electron chi connectivity index (χ4n) is 1.12. The van der Waals surface area contributed by atoms with E-state index in [4.69, 9.17) is 4.74 Å². The van der Waals surface area contributed by atoms with Gasteiger partial charge in [-0.05, 0) is 13.0 Å². The van der Waals surface area contributed by atoms with Crippen LogP contribution in [0.4, 0.5) is 0 Å². The quantitative estimate of drug-likeness (QED) is 0.629. The van der Waals surface area contributed by atoms with E-state index in [9.17, 15) is 9.59 Å². The fourth-order valence-corrected chi connectivity index (χ4v) is 1.12. The van der Waals surface area contributed by atoms with Crippen molar-refractivity contribution >= 4 is 11.9 Å². The monoisotopic (exact) mass is 235 g/mol. The van der Waals surface area contributed by atoms with Gasteiger partial charge in [0.05, 0.1) is 13.7 Å². The third kappa shape index (κ3) is 4.03. The second-order valence-corrected chi connectivity index (χ2v) is 3.08. The van der Waals surface area contributed by atoms with E-state index in [-0.39, 0.29) is 12.4 Å². The Morgan fingerprint density at radius 1 is 1.47 bits per heavy atom. The van der Waals surface area contributed by atoms with Crippen LogP contribution in [0.3, 0.4) is 0 Å². The van der Waals surface area contributed by atoms with Crippen LogP contribution in [0.1, 0.15) is 29.4 Å². The van der Waals surface area contributed by atoms with Crippen molar-refractivity contribution in [2.45, 2.75) is 13.3 Å². The highest BCUT2D eigenvalue weighted by Crippen LogP contribution is 2.03. The van der Waals surface area contributed by atoms with Crippen molar-refractivity contribution < 1.29 is 19.1 Å². The van der Waals surface area contributed by atoms with Gasteiger partial charge in [-0.3, -0.25) is 4.79 Å². The molecule has 0 bridgehead atoms. The summed E-state index contributed by atoms with van der Waals surface area (Å²) >= 11 is 0. The van der Waals surface area contributed by atoms with Gasteiger partial charge in [-0.2, -0.15) is 0 Å². The minimum atomic E-state index is -0.455. The molecule has 0 saturated carbocycles. The highest BCUT2D eigenvalue weighted by Gasteiger charge is 2.06. The van der Waals surface area contributed by atoms with Crippen LogP contribution >= 0.6 is 0 Å². The van der Waals surface area contributed by atoms with Crippen LogP contribution in [0.5, 0.6) is 0 Å². The number of H-pyrrole nitrogens is 1. The third-order valence-electron chi connectivity index (χ3n) is 1.86. The second kappa shape index (κ2) is 6.38. The lowest BCUT2D eigenvalue weighted by Gasteiger charge is -1.94. The van der Waals surface area contributed by atoms with Gasteiger partial charge in [-0.1, -0.05) is 11.8 Å².